The molecule has 0 aliphatic carbocycles. The highest BCUT2D eigenvalue weighted by molar-refractivity contribution is 4.99. The van der Waals surface area contributed by atoms with E-state index in [4.69, 9.17) is 23.7 Å². The van der Waals surface area contributed by atoms with Crippen LogP contribution in [-0.2, 0) is 23.7 Å². The fourth-order valence-electron chi connectivity index (χ4n) is 2.84. The van der Waals surface area contributed by atoms with Gasteiger partial charge in [-0.2, -0.15) is 0 Å². The fraction of sp³-hybridized carbons (Fsp3) is 1.00. The predicted octanol–water partition coefficient (Wildman–Crippen LogP) is 0.375. The zero-order valence-corrected chi connectivity index (χ0v) is 11.1. The minimum Gasteiger partial charge on any atom is -0.394 e. The summed E-state index contributed by atoms with van der Waals surface area (Å²) in [6, 6.07) is 0. The Morgan fingerprint density at radius 1 is 0.833 bits per heavy atom. The van der Waals surface area contributed by atoms with Crippen molar-refractivity contribution in [1.82, 2.24) is 0 Å². The van der Waals surface area contributed by atoms with Crippen LogP contribution in [0, 0.1) is 0 Å². The van der Waals surface area contributed by atoms with E-state index in [0.717, 1.165) is 0 Å². The zero-order chi connectivity index (χ0) is 13.1. The standard InChI is InChI=1S/C12H20O6/c1-11(2)15-7-6(5-13)14-10-9(8(7)16-11)17-12(3,4)18-10/h6-10,13H,5H2,1-4H3/t6-,7+,8?,9-,10?/m1/s1. The summed E-state index contributed by atoms with van der Waals surface area (Å²) in [5.74, 6) is -1.41. The van der Waals surface area contributed by atoms with E-state index in [-0.39, 0.29) is 24.9 Å². The van der Waals surface area contributed by atoms with Crippen LogP contribution >= 0.6 is 0 Å². The normalized spacial score (nSPS) is 48.8. The highest BCUT2D eigenvalue weighted by Crippen LogP contribution is 2.43. The van der Waals surface area contributed by atoms with E-state index in [1.807, 2.05) is 27.7 Å². The molecule has 5 atom stereocenters. The van der Waals surface area contributed by atoms with Crippen molar-refractivity contribution < 1.29 is 28.8 Å². The molecule has 3 aliphatic heterocycles. The molecule has 2 unspecified atom stereocenters. The Balaban J connectivity index is 1.86. The van der Waals surface area contributed by atoms with Gasteiger partial charge in [0, 0.05) is 0 Å². The quantitative estimate of drug-likeness (QED) is 0.735. The fourth-order valence-corrected chi connectivity index (χ4v) is 2.84. The zero-order valence-electron chi connectivity index (χ0n) is 11.1. The number of hydrogen-bond donors (Lipinski definition) is 1. The lowest BCUT2D eigenvalue weighted by Crippen LogP contribution is -2.56. The van der Waals surface area contributed by atoms with Gasteiger partial charge in [0.15, 0.2) is 17.9 Å². The first-order valence-corrected chi connectivity index (χ1v) is 6.29. The largest absolute Gasteiger partial charge is 0.394 e. The van der Waals surface area contributed by atoms with Crippen molar-refractivity contribution in [2.45, 2.75) is 70.0 Å². The predicted molar refractivity (Wildman–Crippen MR) is 59.6 cm³/mol. The van der Waals surface area contributed by atoms with Gasteiger partial charge in [0.25, 0.3) is 0 Å². The number of fused-ring (bicyclic) bond motifs is 3. The maximum atomic E-state index is 9.40. The van der Waals surface area contributed by atoms with Gasteiger partial charge in [-0.3, -0.25) is 0 Å². The molecule has 0 spiro atoms. The van der Waals surface area contributed by atoms with E-state index in [2.05, 4.69) is 0 Å². The number of aliphatic hydroxyl groups is 1. The summed E-state index contributed by atoms with van der Waals surface area (Å²) >= 11 is 0. The molecule has 3 rings (SSSR count). The SMILES string of the molecule is CC1(C)OC2O[C@H](CO)[C@@H]3OC(C)(C)OC3[C@H]2O1. The van der Waals surface area contributed by atoms with Crippen molar-refractivity contribution in [3.05, 3.63) is 0 Å². The Bertz CT molecular complexity index is 341. The molecule has 0 amide bonds. The van der Waals surface area contributed by atoms with Crippen molar-refractivity contribution in [2.24, 2.45) is 0 Å². The average Bonchev–Trinajstić information content (AvgIpc) is 2.71. The smallest absolute Gasteiger partial charge is 0.190 e. The topological polar surface area (TPSA) is 66.4 Å². The van der Waals surface area contributed by atoms with Gasteiger partial charge >= 0.3 is 0 Å². The molecule has 104 valence electrons. The molecule has 0 radical (unpaired) electrons. The monoisotopic (exact) mass is 260 g/mol. The maximum Gasteiger partial charge on any atom is 0.190 e. The van der Waals surface area contributed by atoms with Crippen LogP contribution in [0.25, 0.3) is 0 Å². The molecule has 0 saturated carbocycles. The minimum absolute atomic E-state index is 0.131. The van der Waals surface area contributed by atoms with Gasteiger partial charge in [-0.15, -0.1) is 0 Å². The first-order valence-electron chi connectivity index (χ1n) is 6.29. The summed E-state index contributed by atoms with van der Waals surface area (Å²) in [6.45, 7) is 7.22. The molecule has 3 saturated heterocycles. The first-order chi connectivity index (χ1) is 8.31. The van der Waals surface area contributed by atoms with Gasteiger partial charge in [0.05, 0.1) is 6.61 Å². The summed E-state index contributed by atoms with van der Waals surface area (Å²) in [6.07, 6.45) is -1.90. The molecule has 3 heterocycles. The Labute approximate surface area is 106 Å². The van der Waals surface area contributed by atoms with Crippen molar-refractivity contribution in [1.29, 1.82) is 0 Å². The third-order valence-electron chi connectivity index (χ3n) is 3.43. The van der Waals surface area contributed by atoms with Crippen LogP contribution in [0.4, 0.5) is 0 Å². The molecular weight excluding hydrogens is 240 g/mol. The molecular formula is C12H20O6. The first kappa shape index (κ1) is 12.8. The number of ether oxygens (including phenoxy) is 5. The molecule has 0 bridgehead atoms. The molecule has 18 heavy (non-hydrogen) atoms. The van der Waals surface area contributed by atoms with Crippen molar-refractivity contribution >= 4 is 0 Å². The van der Waals surface area contributed by atoms with Gasteiger partial charge in [0.1, 0.15) is 24.4 Å². The highest BCUT2D eigenvalue weighted by Gasteiger charge is 2.60. The third-order valence-corrected chi connectivity index (χ3v) is 3.43. The lowest BCUT2D eigenvalue weighted by molar-refractivity contribution is -0.240. The second-order valence-corrected chi connectivity index (χ2v) is 5.89. The molecule has 0 aromatic rings. The van der Waals surface area contributed by atoms with Crippen molar-refractivity contribution in [3.63, 3.8) is 0 Å². The second kappa shape index (κ2) is 3.88. The Kier molecular flexibility index (Phi) is 2.75. The highest BCUT2D eigenvalue weighted by atomic mass is 16.9. The molecule has 6 nitrogen and oxygen atoms in total. The maximum absolute atomic E-state index is 9.40. The van der Waals surface area contributed by atoms with Gasteiger partial charge in [-0.1, -0.05) is 0 Å². The lowest BCUT2D eigenvalue weighted by Gasteiger charge is -2.36. The molecule has 0 aromatic heterocycles. The van der Waals surface area contributed by atoms with Crippen LogP contribution in [0.1, 0.15) is 27.7 Å². The van der Waals surface area contributed by atoms with Gasteiger partial charge in [0.2, 0.25) is 0 Å². The van der Waals surface area contributed by atoms with Crippen LogP contribution < -0.4 is 0 Å². The molecule has 3 fully saturated rings. The minimum atomic E-state index is -0.708. The Morgan fingerprint density at radius 3 is 2.06 bits per heavy atom. The van der Waals surface area contributed by atoms with Crippen molar-refractivity contribution in [2.75, 3.05) is 6.61 Å². The van der Waals surface area contributed by atoms with E-state index >= 15 is 0 Å². The Morgan fingerprint density at radius 2 is 1.39 bits per heavy atom. The van der Waals surface area contributed by atoms with E-state index < -0.39 is 24.0 Å². The second-order valence-electron chi connectivity index (χ2n) is 5.89. The van der Waals surface area contributed by atoms with Gasteiger partial charge in [-0.05, 0) is 27.7 Å². The summed E-state index contributed by atoms with van der Waals surface area (Å²) in [5, 5.41) is 9.40. The van der Waals surface area contributed by atoms with Crippen LogP contribution in [0.2, 0.25) is 0 Å². The average molecular weight is 260 g/mol. The summed E-state index contributed by atoms with van der Waals surface area (Å²) in [7, 11) is 0. The summed E-state index contributed by atoms with van der Waals surface area (Å²) < 4.78 is 28.9. The lowest BCUT2D eigenvalue weighted by atomic mass is 9.99. The number of rotatable bonds is 1. The number of aliphatic hydroxyl groups excluding tert-OH is 1. The van der Waals surface area contributed by atoms with E-state index in [1.165, 1.54) is 0 Å². The van der Waals surface area contributed by atoms with Crippen molar-refractivity contribution in [3.8, 4) is 0 Å². The van der Waals surface area contributed by atoms with E-state index in [0.29, 0.717) is 0 Å². The molecule has 1 N–H and O–H groups in total. The number of hydrogen-bond acceptors (Lipinski definition) is 6. The van der Waals surface area contributed by atoms with Gasteiger partial charge in [-0.25, -0.2) is 0 Å². The van der Waals surface area contributed by atoms with Gasteiger partial charge < -0.3 is 28.8 Å². The molecule has 6 heteroatoms. The van der Waals surface area contributed by atoms with Crippen LogP contribution in [0.3, 0.4) is 0 Å². The Hall–Kier alpha value is -0.240. The van der Waals surface area contributed by atoms with E-state index in [9.17, 15) is 5.11 Å². The van der Waals surface area contributed by atoms with Crippen LogP contribution in [-0.4, -0.2) is 54.0 Å². The third kappa shape index (κ3) is 1.97. The van der Waals surface area contributed by atoms with Crippen LogP contribution in [0.15, 0.2) is 0 Å². The molecule has 3 aliphatic rings. The summed E-state index contributed by atoms with van der Waals surface area (Å²) in [5.41, 5.74) is 0. The molecule has 0 aromatic carbocycles. The van der Waals surface area contributed by atoms with Crippen LogP contribution in [0.5, 0.6) is 0 Å². The van der Waals surface area contributed by atoms with E-state index in [1.54, 1.807) is 0 Å². The summed E-state index contributed by atoms with van der Waals surface area (Å²) in [4.78, 5) is 0.